The largest absolute Gasteiger partial charge is 0.493 e. The van der Waals surface area contributed by atoms with Gasteiger partial charge in [0.15, 0.2) is 17.1 Å². The predicted molar refractivity (Wildman–Crippen MR) is 90.4 cm³/mol. The smallest absolute Gasteiger partial charge is 0.163 e. The van der Waals surface area contributed by atoms with Gasteiger partial charge in [-0.1, -0.05) is 6.07 Å². The molecule has 3 heterocycles. The summed E-state index contributed by atoms with van der Waals surface area (Å²) in [5, 5.41) is 5.49. The van der Waals surface area contributed by atoms with E-state index in [4.69, 9.17) is 9.47 Å². The lowest BCUT2D eigenvalue weighted by Crippen LogP contribution is -1.92. The lowest BCUT2D eigenvalue weighted by Gasteiger charge is -2.06. The number of nitrogens with zero attached hydrogens (tertiary/aromatic N) is 4. The Morgan fingerprint density at radius 3 is 2.50 bits per heavy atom. The lowest BCUT2D eigenvalue weighted by molar-refractivity contribution is 0.356. The first-order chi connectivity index (χ1) is 11.3. The fourth-order valence-corrected chi connectivity index (χ4v) is 2.60. The molecule has 4 aromatic rings. The summed E-state index contributed by atoms with van der Waals surface area (Å²) >= 11 is 0. The van der Waals surface area contributed by atoms with Gasteiger partial charge in [0.25, 0.3) is 0 Å². The first kappa shape index (κ1) is 15.7. The van der Waals surface area contributed by atoms with E-state index >= 15 is 0 Å². The second-order valence-corrected chi connectivity index (χ2v) is 5.05. The van der Waals surface area contributed by atoms with Crippen LogP contribution in [0.15, 0.2) is 48.9 Å². The maximum Gasteiger partial charge on any atom is 0.163 e. The van der Waals surface area contributed by atoms with Gasteiger partial charge < -0.3 is 14.9 Å². The Kier molecular flexibility index (Phi) is 4.01. The molecular weight excluding hydrogens is 308 g/mol. The van der Waals surface area contributed by atoms with Crippen molar-refractivity contribution < 1.29 is 14.9 Å². The van der Waals surface area contributed by atoms with Gasteiger partial charge in [0, 0.05) is 30.2 Å². The number of ether oxygens (including phenoxy) is 2. The minimum Gasteiger partial charge on any atom is -0.493 e. The van der Waals surface area contributed by atoms with Crippen molar-refractivity contribution in [3.63, 3.8) is 0 Å². The molecule has 0 saturated heterocycles. The van der Waals surface area contributed by atoms with E-state index in [1.54, 1.807) is 31.1 Å². The molecule has 0 aliphatic heterocycles. The van der Waals surface area contributed by atoms with Crippen LogP contribution in [0.2, 0.25) is 0 Å². The molecule has 0 fully saturated rings. The van der Waals surface area contributed by atoms with Gasteiger partial charge in [0.1, 0.15) is 0 Å². The fourth-order valence-electron chi connectivity index (χ4n) is 2.60. The molecule has 0 radical (unpaired) electrons. The number of hydrogen-bond acceptors (Lipinski definition) is 5. The number of fused-ring (bicyclic) bond motifs is 3. The number of benzene rings is 1. The van der Waals surface area contributed by atoms with Crippen LogP contribution in [-0.2, 0) is 0 Å². The zero-order valence-corrected chi connectivity index (χ0v) is 13.2. The fraction of sp³-hybridized carbons (Fsp3) is 0.118. The zero-order chi connectivity index (χ0) is 15.8. The van der Waals surface area contributed by atoms with Crippen LogP contribution in [0.4, 0.5) is 0 Å². The van der Waals surface area contributed by atoms with E-state index in [2.05, 4.69) is 15.1 Å². The summed E-state index contributed by atoms with van der Waals surface area (Å²) in [6.45, 7) is 0. The molecule has 7 heteroatoms. The van der Waals surface area contributed by atoms with Crippen molar-refractivity contribution in [2.24, 2.45) is 0 Å². The Labute approximate surface area is 137 Å². The monoisotopic (exact) mass is 324 g/mol. The van der Waals surface area contributed by atoms with Gasteiger partial charge >= 0.3 is 0 Å². The molecule has 1 aromatic carbocycles. The van der Waals surface area contributed by atoms with Crippen LogP contribution in [0.1, 0.15) is 0 Å². The minimum absolute atomic E-state index is 0. The molecule has 2 N–H and O–H groups in total. The van der Waals surface area contributed by atoms with Gasteiger partial charge in [-0.15, -0.1) is 0 Å². The first-order valence-corrected chi connectivity index (χ1v) is 7.11. The van der Waals surface area contributed by atoms with E-state index < -0.39 is 0 Å². The number of aromatic nitrogens is 4. The number of methoxy groups -OCH3 is 2. The number of rotatable bonds is 3. The quantitative estimate of drug-likeness (QED) is 0.575. The number of hydrogen-bond donors (Lipinski definition) is 0. The topological polar surface area (TPSA) is 93.0 Å². The highest BCUT2D eigenvalue weighted by molar-refractivity contribution is 5.94. The third-order valence-corrected chi connectivity index (χ3v) is 3.72. The van der Waals surface area contributed by atoms with Gasteiger partial charge in [0.05, 0.1) is 30.8 Å². The molecule has 0 spiro atoms. The van der Waals surface area contributed by atoms with Gasteiger partial charge in [-0.2, -0.15) is 5.10 Å². The highest BCUT2D eigenvalue weighted by atomic mass is 16.5. The predicted octanol–water partition coefficient (Wildman–Crippen LogP) is 2.14. The molecular formula is C17H16N4O3. The SMILES string of the molecule is COc1cc2nn3cc(-c4ccccn4)cnc3c2cc1OC.O. The molecule has 4 rings (SSSR count). The summed E-state index contributed by atoms with van der Waals surface area (Å²) in [4.78, 5) is 8.88. The number of pyridine rings is 1. The summed E-state index contributed by atoms with van der Waals surface area (Å²) in [5.74, 6) is 1.30. The standard InChI is InChI=1S/C17H14N4O2.H2O/c1-22-15-7-12-14(8-16(15)23-2)20-21-10-11(9-19-17(12)21)13-5-3-4-6-18-13;/h3-10H,1-2H3;1H2. The Bertz CT molecular complexity index is 999. The average molecular weight is 324 g/mol. The molecule has 122 valence electrons. The molecule has 24 heavy (non-hydrogen) atoms. The minimum atomic E-state index is 0. The molecule has 0 aliphatic carbocycles. The highest BCUT2D eigenvalue weighted by Gasteiger charge is 2.13. The molecule has 0 aliphatic rings. The molecule has 0 saturated carbocycles. The maximum absolute atomic E-state index is 5.36. The summed E-state index contributed by atoms with van der Waals surface area (Å²) in [7, 11) is 3.22. The lowest BCUT2D eigenvalue weighted by atomic mass is 10.2. The van der Waals surface area contributed by atoms with Crippen LogP contribution in [-0.4, -0.2) is 39.3 Å². The van der Waals surface area contributed by atoms with Crippen molar-refractivity contribution in [2.45, 2.75) is 0 Å². The van der Waals surface area contributed by atoms with E-state index in [1.807, 2.05) is 36.5 Å². The van der Waals surface area contributed by atoms with Crippen molar-refractivity contribution >= 4 is 16.6 Å². The van der Waals surface area contributed by atoms with Crippen LogP contribution in [0.5, 0.6) is 11.5 Å². The summed E-state index contributed by atoms with van der Waals surface area (Å²) in [5.41, 5.74) is 3.33. The van der Waals surface area contributed by atoms with E-state index in [-0.39, 0.29) is 5.48 Å². The van der Waals surface area contributed by atoms with Gasteiger partial charge in [-0.05, 0) is 18.2 Å². The van der Waals surface area contributed by atoms with E-state index in [0.29, 0.717) is 11.5 Å². The second-order valence-electron chi connectivity index (χ2n) is 5.05. The second kappa shape index (κ2) is 6.13. The van der Waals surface area contributed by atoms with Crippen molar-refractivity contribution in [1.82, 2.24) is 19.6 Å². The first-order valence-electron chi connectivity index (χ1n) is 7.11. The Hall–Kier alpha value is -3.19. The molecule has 0 amide bonds. The van der Waals surface area contributed by atoms with Crippen LogP contribution >= 0.6 is 0 Å². The zero-order valence-electron chi connectivity index (χ0n) is 13.2. The molecule has 3 aromatic heterocycles. The Balaban J connectivity index is 0.00000169. The van der Waals surface area contributed by atoms with Crippen molar-refractivity contribution in [3.8, 4) is 22.8 Å². The summed E-state index contributed by atoms with van der Waals surface area (Å²) in [6.07, 6.45) is 5.48. The Morgan fingerprint density at radius 2 is 1.79 bits per heavy atom. The maximum atomic E-state index is 5.36. The van der Waals surface area contributed by atoms with Crippen LogP contribution < -0.4 is 9.47 Å². The van der Waals surface area contributed by atoms with Gasteiger partial charge in [-0.3, -0.25) is 4.98 Å². The molecule has 0 bridgehead atoms. The van der Waals surface area contributed by atoms with E-state index in [9.17, 15) is 0 Å². The van der Waals surface area contributed by atoms with Crippen LogP contribution in [0.3, 0.4) is 0 Å². The van der Waals surface area contributed by atoms with Gasteiger partial charge in [-0.25, -0.2) is 9.50 Å². The van der Waals surface area contributed by atoms with E-state index in [1.165, 1.54) is 0 Å². The van der Waals surface area contributed by atoms with E-state index in [0.717, 1.165) is 27.8 Å². The van der Waals surface area contributed by atoms with Crippen molar-refractivity contribution in [2.75, 3.05) is 14.2 Å². The van der Waals surface area contributed by atoms with Crippen molar-refractivity contribution in [3.05, 3.63) is 48.9 Å². The van der Waals surface area contributed by atoms with Crippen LogP contribution in [0, 0.1) is 0 Å². The third kappa shape index (κ3) is 2.40. The summed E-state index contributed by atoms with van der Waals surface area (Å²) in [6, 6.07) is 9.52. The Morgan fingerprint density at radius 1 is 1.00 bits per heavy atom. The summed E-state index contributed by atoms with van der Waals surface area (Å²) < 4.78 is 12.4. The third-order valence-electron chi connectivity index (χ3n) is 3.72. The highest BCUT2D eigenvalue weighted by Crippen LogP contribution is 2.33. The average Bonchev–Trinajstić information content (AvgIpc) is 2.97. The molecule has 0 atom stereocenters. The van der Waals surface area contributed by atoms with Crippen LogP contribution in [0.25, 0.3) is 27.8 Å². The normalized spacial score (nSPS) is 10.6. The van der Waals surface area contributed by atoms with Gasteiger partial charge in [0.2, 0.25) is 0 Å². The van der Waals surface area contributed by atoms with Crippen molar-refractivity contribution in [1.29, 1.82) is 0 Å². The molecule has 7 nitrogen and oxygen atoms in total. The molecule has 0 unspecified atom stereocenters.